The van der Waals surface area contributed by atoms with E-state index in [0.717, 1.165) is 22.0 Å². The molecule has 1 amide bonds. The summed E-state index contributed by atoms with van der Waals surface area (Å²) in [7, 11) is -4.22. The molecule has 1 atom stereocenters. The number of carbonyl (C=O) groups is 1. The van der Waals surface area contributed by atoms with Gasteiger partial charge in [-0.1, -0.05) is 30.3 Å². The van der Waals surface area contributed by atoms with E-state index < -0.39 is 32.6 Å². The van der Waals surface area contributed by atoms with Gasteiger partial charge in [-0.2, -0.15) is 9.40 Å². The van der Waals surface area contributed by atoms with Crippen LogP contribution in [0.4, 0.5) is 8.78 Å². The van der Waals surface area contributed by atoms with Crippen LogP contribution in [0.25, 0.3) is 0 Å². The molecule has 2 aromatic carbocycles. The number of nitrogens with zero attached hydrogens (tertiary/aromatic N) is 4. The highest BCUT2D eigenvalue weighted by Crippen LogP contribution is 2.24. The quantitative estimate of drug-likeness (QED) is 0.603. The number of hydrogen-bond donors (Lipinski definition) is 0. The van der Waals surface area contributed by atoms with Crippen LogP contribution >= 0.6 is 0 Å². The van der Waals surface area contributed by atoms with Crippen molar-refractivity contribution in [1.82, 2.24) is 19.0 Å². The maximum absolute atomic E-state index is 14.0. The third-order valence-corrected chi connectivity index (χ3v) is 7.11. The van der Waals surface area contributed by atoms with Crippen molar-refractivity contribution in [3.63, 3.8) is 0 Å². The second-order valence-electron chi connectivity index (χ2n) is 7.10. The second kappa shape index (κ2) is 8.56. The van der Waals surface area contributed by atoms with Crippen molar-refractivity contribution in [1.29, 1.82) is 0 Å². The van der Waals surface area contributed by atoms with Crippen molar-refractivity contribution in [2.24, 2.45) is 0 Å². The smallest absolute Gasteiger partial charge is 0.252 e. The van der Waals surface area contributed by atoms with Crippen molar-refractivity contribution >= 4 is 15.9 Å². The van der Waals surface area contributed by atoms with Gasteiger partial charge in [-0.15, -0.1) is 0 Å². The lowest BCUT2D eigenvalue weighted by Crippen LogP contribution is -2.52. The number of rotatable bonds is 5. The summed E-state index contributed by atoms with van der Waals surface area (Å²) in [5, 5.41) is 4.21. The number of aromatic nitrogens is 2. The summed E-state index contributed by atoms with van der Waals surface area (Å²) in [5.41, 5.74) is 0.757. The maximum atomic E-state index is 14.0. The summed E-state index contributed by atoms with van der Waals surface area (Å²) in [5.74, 6) is -2.06. The lowest BCUT2D eigenvalue weighted by Gasteiger charge is -2.36. The maximum Gasteiger partial charge on any atom is 0.252 e. The number of piperazine rings is 1. The van der Waals surface area contributed by atoms with Crippen LogP contribution in [0.5, 0.6) is 0 Å². The van der Waals surface area contributed by atoms with Gasteiger partial charge in [-0.3, -0.25) is 9.48 Å². The van der Waals surface area contributed by atoms with Crippen LogP contribution in [-0.4, -0.2) is 59.5 Å². The van der Waals surface area contributed by atoms with E-state index in [-0.39, 0.29) is 32.1 Å². The Morgan fingerprint density at radius 3 is 2.32 bits per heavy atom. The van der Waals surface area contributed by atoms with E-state index in [1.807, 2.05) is 30.3 Å². The molecule has 0 radical (unpaired) electrons. The van der Waals surface area contributed by atoms with Crippen LogP contribution in [0.3, 0.4) is 0 Å². The van der Waals surface area contributed by atoms with E-state index in [4.69, 9.17) is 0 Å². The van der Waals surface area contributed by atoms with Crippen molar-refractivity contribution in [2.45, 2.75) is 10.9 Å². The summed E-state index contributed by atoms with van der Waals surface area (Å²) < 4.78 is 55.7. The van der Waals surface area contributed by atoms with Crippen LogP contribution in [0.1, 0.15) is 11.6 Å². The molecule has 1 aliphatic heterocycles. The van der Waals surface area contributed by atoms with E-state index in [0.29, 0.717) is 6.07 Å². The average Bonchev–Trinajstić information content (AvgIpc) is 3.30. The Labute approximate surface area is 178 Å². The predicted octanol–water partition coefficient (Wildman–Crippen LogP) is 2.28. The molecule has 0 spiro atoms. The van der Waals surface area contributed by atoms with Gasteiger partial charge in [-0.05, 0) is 29.8 Å². The minimum Gasteiger partial charge on any atom is -0.338 e. The topological polar surface area (TPSA) is 75.5 Å². The Morgan fingerprint density at radius 1 is 0.968 bits per heavy atom. The first kappa shape index (κ1) is 21.1. The third kappa shape index (κ3) is 4.21. The van der Waals surface area contributed by atoms with E-state index in [9.17, 15) is 22.0 Å². The molecule has 3 aromatic rings. The van der Waals surface area contributed by atoms with Gasteiger partial charge in [0.05, 0.1) is 0 Å². The van der Waals surface area contributed by atoms with Crippen LogP contribution in [0.2, 0.25) is 0 Å². The molecule has 31 heavy (non-hydrogen) atoms. The highest BCUT2D eigenvalue weighted by molar-refractivity contribution is 7.89. The zero-order valence-corrected chi connectivity index (χ0v) is 17.3. The van der Waals surface area contributed by atoms with Gasteiger partial charge in [0.1, 0.15) is 16.5 Å². The zero-order chi connectivity index (χ0) is 22.0. The standard InChI is InChI=1S/C21H20F2N4O3S/c22-17-7-8-18(23)19(15-17)31(29,30)26-13-11-25(12-14-26)21(28)20(27-10-4-9-24-27)16-5-2-1-3-6-16/h1-10,15,20H,11-14H2. The lowest BCUT2D eigenvalue weighted by atomic mass is 10.1. The van der Waals surface area contributed by atoms with Crippen LogP contribution in [0.15, 0.2) is 71.9 Å². The second-order valence-corrected chi connectivity index (χ2v) is 9.01. The number of amides is 1. The molecule has 1 aromatic heterocycles. The normalized spacial score (nSPS) is 16.3. The van der Waals surface area contributed by atoms with Gasteiger partial charge in [0.15, 0.2) is 6.04 Å². The van der Waals surface area contributed by atoms with E-state index in [1.165, 1.54) is 0 Å². The largest absolute Gasteiger partial charge is 0.338 e. The molecular weight excluding hydrogens is 426 g/mol. The fourth-order valence-electron chi connectivity index (χ4n) is 3.61. The Hall–Kier alpha value is -3.11. The number of sulfonamides is 1. The molecule has 0 saturated carbocycles. The number of carbonyl (C=O) groups excluding carboxylic acids is 1. The van der Waals surface area contributed by atoms with Gasteiger partial charge in [0, 0.05) is 38.6 Å². The van der Waals surface area contributed by atoms with E-state index >= 15 is 0 Å². The summed E-state index contributed by atoms with van der Waals surface area (Å²) in [6, 6.07) is 12.5. The summed E-state index contributed by atoms with van der Waals surface area (Å²) in [6.07, 6.45) is 3.28. The summed E-state index contributed by atoms with van der Waals surface area (Å²) in [4.78, 5) is 14.2. The van der Waals surface area contributed by atoms with Crippen LogP contribution in [-0.2, 0) is 14.8 Å². The molecule has 7 nitrogen and oxygen atoms in total. The highest BCUT2D eigenvalue weighted by atomic mass is 32.2. The molecule has 162 valence electrons. The molecule has 1 saturated heterocycles. The Balaban J connectivity index is 1.52. The molecule has 1 fully saturated rings. The molecule has 0 N–H and O–H groups in total. The highest BCUT2D eigenvalue weighted by Gasteiger charge is 2.35. The van der Waals surface area contributed by atoms with Crippen molar-refractivity contribution in [2.75, 3.05) is 26.2 Å². The van der Waals surface area contributed by atoms with E-state index in [1.54, 1.807) is 28.0 Å². The number of halogens is 2. The van der Waals surface area contributed by atoms with Gasteiger partial charge in [0.2, 0.25) is 10.0 Å². The third-order valence-electron chi connectivity index (χ3n) is 5.20. The van der Waals surface area contributed by atoms with Crippen LogP contribution in [0, 0.1) is 11.6 Å². The number of hydrogen-bond acceptors (Lipinski definition) is 4. The van der Waals surface area contributed by atoms with E-state index in [2.05, 4.69) is 5.10 Å². The zero-order valence-electron chi connectivity index (χ0n) is 16.4. The first-order valence-corrected chi connectivity index (χ1v) is 11.1. The lowest BCUT2D eigenvalue weighted by molar-refractivity contribution is -0.135. The first-order valence-electron chi connectivity index (χ1n) is 9.66. The molecule has 0 bridgehead atoms. The SMILES string of the molecule is O=C(C(c1ccccc1)n1cccn1)N1CCN(S(=O)(=O)c2cc(F)ccc2F)CC1. The molecule has 1 unspecified atom stereocenters. The summed E-state index contributed by atoms with van der Waals surface area (Å²) >= 11 is 0. The first-order chi connectivity index (χ1) is 14.9. The average molecular weight is 446 g/mol. The van der Waals surface area contributed by atoms with Gasteiger partial charge >= 0.3 is 0 Å². The fourth-order valence-corrected chi connectivity index (χ4v) is 5.11. The molecule has 10 heteroatoms. The molecule has 1 aliphatic rings. The minimum atomic E-state index is -4.22. The minimum absolute atomic E-state index is 0.0232. The summed E-state index contributed by atoms with van der Waals surface area (Å²) in [6.45, 7) is 0.203. The molecular formula is C21H20F2N4O3S. The van der Waals surface area contributed by atoms with Gasteiger partial charge in [0.25, 0.3) is 5.91 Å². The Bertz CT molecular complexity index is 1160. The van der Waals surface area contributed by atoms with Crippen molar-refractivity contribution < 1.29 is 22.0 Å². The Kier molecular flexibility index (Phi) is 5.84. The van der Waals surface area contributed by atoms with Crippen molar-refractivity contribution in [3.8, 4) is 0 Å². The van der Waals surface area contributed by atoms with Crippen molar-refractivity contribution in [3.05, 3.63) is 84.2 Å². The predicted molar refractivity (Wildman–Crippen MR) is 109 cm³/mol. The molecule has 0 aliphatic carbocycles. The van der Waals surface area contributed by atoms with Gasteiger partial charge < -0.3 is 4.90 Å². The Morgan fingerprint density at radius 2 is 1.68 bits per heavy atom. The number of benzene rings is 2. The monoisotopic (exact) mass is 446 g/mol. The molecule has 4 rings (SSSR count). The fraction of sp³-hybridized carbons (Fsp3) is 0.238. The molecule has 2 heterocycles. The van der Waals surface area contributed by atoms with Gasteiger partial charge in [-0.25, -0.2) is 17.2 Å². The van der Waals surface area contributed by atoms with Crippen LogP contribution < -0.4 is 0 Å².